The molecule has 1 heterocycles. The first-order valence-electron chi connectivity index (χ1n) is 9.37. The van der Waals surface area contributed by atoms with Gasteiger partial charge in [-0.25, -0.2) is 13.2 Å². The number of halogens is 5. The van der Waals surface area contributed by atoms with Crippen LogP contribution in [0.1, 0.15) is 12.8 Å². The first kappa shape index (κ1) is 26.5. The monoisotopic (exact) mass is 594 g/mol. The molecule has 3 aromatic rings. The summed E-state index contributed by atoms with van der Waals surface area (Å²) in [5.74, 6) is -1.93. The maximum absolute atomic E-state index is 13.2. The SMILES string of the molecule is Fc1cc2c(cc1Br)OCCCCO2.Oc1cc(F)c(Br)cc1O.Oc1ccc(F)cc1O. The standard InChI is InChI=1S/C10H10BrFO2.C6H4BrFO2.C6H5FO2/c11-7-5-9-10(6-8(7)12)14-4-2-1-3-13-9;7-3-1-5(9)6(10)2-4(3)8;7-4-1-2-5(8)6(9)3-4/h5-6H,1-4H2;1-2,9-10H;1-3,8-9H. The number of fused-ring (bicyclic) bond motifs is 1. The van der Waals surface area contributed by atoms with E-state index in [2.05, 4.69) is 31.9 Å². The van der Waals surface area contributed by atoms with Gasteiger partial charge in [-0.1, -0.05) is 0 Å². The highest BCUT2D eigenvalue weighted by Crippen LogP contribution is 2.34. The second-order valence-corrected chi connectivity index (χ2v) is 8.21. The minimum Gasteiger partial charge on any atom is -0.504 e. The third-order valence-corrected chi connectivity index (χ3v) is 5.21. The number of ether oxygens (including phenoxy) is 2. The van der Waals surface area contributed by atoms with Crippen LogP contribution in [0.4, 0.5) is 13.2 Å². The predicted molar refractivity (Wildman–Crippen MR) is 121 cm³/mol. The van der Waals surface area contributed by atoms with Crippen molar-refractivity contribution in [1.29, 1.82) is 0 Å². The first-order chi connectivity index (χ1) is 15.6. The van der Waals surface area contributed by atoms with Gasteiger partial charge in [0, 0.05) is 30.3 Å². The fraction of sp³-hybridized carbons (Fsp3) is 0.182. The molecule has 3 aromatic carbocycles. The van der Waals surface area contributed by atoms with Crippen molar-refractivity contribution in [2.75, 3.05) is 13.2 Å². The molecule has 0 fully saturated rings. The maximum Gasteiger partial charge on any atom is 0.164 e. The van der Waals surface area contributed by atoms with Gasteiger partial charge in [-0.2, -0.15) is 0 Å². The lowest BCUT2D eigenvalue weighted by molar-refractivity contribution is 0.222. The number of aromatic hydroxyl groups is 4. The Labute approximate surface area is 204 Å². The zero-order chi connectivity index (χ0) is 24.5. The lowest BCUT2D eigenvalue weighted by atomic mass is 10.2. The second kappa shape index (κ2) is 12.4. The third-order valence-electron chi connectivity index (χ3n) is 4.00. The molecule has 33 heavy (non-hydrogen) atoms. The minimum atomic E-state index is -0.602. The molecule has 0 atom stereocenters. The number of rotatable bonds is 0. The van der Waals surface area contributed by atoms with Crippen molar-refractivity contribution in [3.63, 3.8) is 0 Å². The molecule has 1 aliphatic heterocycles. The van der Waals surface area contributed by atoms with E-state index in [9.17, 15) is 13.2 Å². The van der Waals surface area contributed by atoms with E-state index in [1.165, 1.54) is 6.07 Å². The van der Waals surface area contributed by atoms with Gasteiger partial charge in [-0.15, -0.1) is 0 Å². The van der Waals surface area contributed by atoms with Crippen LogP contribution in [0.2, 0.25) is 0 Å². The maximum atomic E-state index is 13.2. The van der Waals surface area contributed by atoms with Crippen LogP contribution in [0.15, 0.2) is 51.4 Å². The smallest absolute Gasteiger partial charge is 0.164 e. The number of phenolic OH excluding ortho intramolecular Hbond substituents is 4. The first-order valence-corrected chi connectivity index (χ1v) is 11.0. The van der Waals surface area contributed by atoms with E-state index in [-0.39, 0.29) is 21.8 Å². The number of benzene rings is 3. The van der Waals surface area contributed by atoms with E-state index in [0.717, 1.165) is 43.2 Å². The summed E-state index contributed by atoms with van der Waals surface area (Å²) in [4.78, 5) is 0. The minimum absolute atomic E-state index is 0.128. The molecule has 4 N–H and O–H groups in total. The Hall–Kier alpha value is -2.79. The Balaban J connectivity index is 0.000000181. The molecule has 1 aliphatic rings. The van der Waals surface area contributed by atoms with Gasteiger partial charge in [0.2, 0.25) is 0 Å². The van der Waals surface area contributed by atoms with Crippen molar-refractivity contribution in [2.45, 2.75) is 12.8 Å². The van der Waals surface area contributed by atoms with Crippen LogP contribution >= 0.6 is 31.9 Å². The summed E-state index contributed by atoms with van der Waals surface area (Å²) in [5.41, 5.74) is 0. The lowest BCUT2D eigenvalue weighted by Gasteiger charge is -2.16. The molecule has 178 valence electrons. The molecule has 0 spiro atoms. The van der Waals surface area contributed by atoms with E-state index >= 15 is 0 Å². The van der Waals surface area contributed by atoms with E-state index in [4.69, 9.17) is 29.9 Å². The Kier molecular flexibility index (Phi) is 9.98. The van der Waals surface area contributed by atoms with Crippen molar-refractivity contribution in [2.24, 2.45) is 0 Å². The summed E-state index contributed by atoms with van der Waals surface area (Å²) in [6, 6.07) is 7.87. The number of hydrogen-bond donors (Lipinski definition) is 4. The molecule has 11 heteroatoms. The van der Waals surface area contributed by atoms with Crippen LogP contribution in [0.3, 0.4) is 0 Å². The molecule has 0 aromatic heterocycles. The quantitative estimate of drug-likeness (QED) is 0.225. The van der Waals surface area contributed by atoms with Crippen LogP contribution < -0.4 is 9.47 Å². The van der Waals surface area contributed by atoms with Crippen molar-refractivity contribution >= 4 is 31.9 Å². The predicted octanol–water partition coefficient (Wildman–Crippen LogP) is 6.38. The molecule has 0 saturated carbocycles. The summed E-state index contributed by atoms with van der Waals surface area (Å²) in [6.07, 6.45) is 1.91. The van der Waals surface area contributed by atoms with Gasteiger partial charge < -0.3 is 29.9 Å². The van der Waals surface area contributed by atoms with Gasteiger partial charge >= 0.3 is 0 Å². The normalized spacial score (nSPS) is 12.3. The summed E-state index contributed by atoms with van der Waals surface area (Å²) >= 11 is 5.94. The largest absolute Gasteiger partial charge is 0.504 e. The topological polar surface area (TPSA) is 99.4 Å². The van der Waals surface area contributed by atoms with Crippen LogP contribution in [-0.4, -0.2) is 33.6 Å². The summed E-state index contributed by atoms with van der Waals surface area (Å²) in [7, 11) is 0. The number of hydrogen-bond acceptors (Lipinski definition) is 6. The molecule has 0 aliphatic carbocycles. The van der Waals surface area contributed by atoms with E-state index < -0.39 is 23.1 Å². The van der Waals surface area contributed by atoms with E-state index in [1.807, 2.05) is 0 Å². The van der Waals surface area contributed by atoms with E-state index in [0.29, 0.717) is 29.2 Å². The fourth-order valence-electron chi connectivity index (χ4n) is 2.33. The summed E-state index contributed by atoms with van der Waals surface area (Å²) < 4.78 is 49.0. The molecule has 6 nitrogen and oxygen atoms in total. The molecule has 0 amide bonds. The van der Waals surface area contributed by atoms with Gasteiger partial charge in [-0.05, 0) is 56.8 Å². The Morgan fingerprint density at radius 2 is 1.09 bits per heavy atom. The van der Waals surface area contributed by atoms with Crippen LogP contribution in [-0.2, 0) is 0 Å². The van der Waals surface area contributed by atoms with E-state index in [1.54, 1.807) is 6.07 Å². The summed E-state index contributed by atoms with van der Waals surface area (Å²) in [5, 5.41) is 34.7. The zero-order valence-electron chi connectivity index (χ0n) is 16.9. The molecular weight excluding hydrogens is 577 g/mol. The van der Waals surface area contributed by atoms with Crippen molar-refractivity contribution < 1.29 is 43.1 Å². The molecule has 0 saturated heterocycles. The third kappa shape index (κ3) is 8.25. The fourth-order valence-corrected chi connectivity index (χ4v) is 2.98. The molecular formula is C22H19Br2F3O6. The van der Waals surface area contributed by atoms with Gasteiger partial charge in [0.15, 0.2) is 34.5 Å². The lowest BCUT2D eigenvalue weighted by Crippen LogP contribution is -2.08. The highest BCUT2D eigenvalue weighted by atomic mass is 79.9. The Morgan fingerprint density at radius 3 is 1.64 bits per heavy atom. The average Bonchev–Trinajstić information content (AvgIpc) is 2.74. The van der Waals surface area contributed by atoms with Crippen molar-refractivity contribution in [3.05, 3.63) is 68.9 Å². The van der Waals surface area contributed by atoms with Crippen LogP contribution in [0, 0.1) is 17.5 Å². The highest BCUT2D eigenvalue weighted by molar-refractivity contribution is 9.10. The molecule has 4 rings (SSSR count). The van der Waals surface area contributed by atoms with Crippen molar-refractivity contribution in [3.8, 4) is 34.5 Å². The van der Waals surface area contributed by atoms with Gasteiger partial charge in [0.25, 0.3) is 0 Å². The van der Waals surface area contributed by atoms with Crippen LogP contribution in [0.25, 0.3) is 0 Å². The van der Waals surface area contributed by atoms with Gasteiger partial charge in [-0.3, -0.25) is 0 Å². The molecule has 0 radical (unpaired) electrons. The molecule has 0 unspecified atom stereocenters. The van der Waals surface area contributed by atoms with Crippen LogP contribution in [0.5, 0.6) is 34.5 Å². The highest BCUT2D eigenvalue weighted by Gasteiger charge is 2.12. The summed E-state index contributed by atoms with van der Waals surface area (Å²) in [6.45, 7) is 1.28. The van der Waals surface area contributed by atoms with Crippen molar-refractivity contribution in [1.82, 2.24) is 0 Å². The van der Waals surface area contributed by atoms with Gasteiger partial charge in [0.1, 0.15) is 17.5 Å². The van der Waals surface area contributed by atoms with Gasteiger partial charge in [0.05, 0.1) is 22.2 Å². The average molecular weight is 596 g/mol. The number of phenols is 4. The molecule has 0 bridgehead atoms. The second-order valence-electron chi connectivity index (χ2n) is 6.51. The zero-order valence-corrected chi connectivity index (χ0v) is 20.0. The Bertz CT molecular complexity index is 1010. The Morgan fingerprint density at radius 1 is 0.606 bits per heavy atom.